The van der Waals surface area contributed by atoms with Crippen LogP contribution in [0.15, 0.2) is 36.4 Å². The number of carbonyl (C=O) groups is 1. The van der Waals surface area contributed by atoms with Gasteiger partial charge in [0.15, 0.2) is 5.13 Å². The van der Waals surface area contributed by atoms with E-state index in [-0.39, 0.29) is 18.0 Å². The van der Waals surface area contributed by atoms with Crippen LogP contribution in [0.4, 0.5) is 13.9 Å². The van der Waals surface area contributed by atoms with E-state index in [4.69, 9.17) is 11.6 Å². The monoisotopic (exact) mass is 445 g/mol. The van der Waals surface area contributed by atoms with Crippen molar-refractivity contribution in [3.8, 4) is 0 Å². The minimum absolute atomic E-state index is 0. The van der Waals surface area contributed by atoms with E-state index in [2.05, 4.69) is 4.98 Å². The van der Waals surface area contributed by atoms with Gasteiger partial charge < -0.3 is 4.90 Å². The summed E-state index contributed by atoms with van der Waals surface area (Å²) in [5, 5.41) is 1.03. The predicted molar refractivity (Wildman–Crippen MR) is 113 cm³/mol. The lowest BCUT2D eigenvalue weighted by Crippen LogP contribution is -2.34. The number of thiazole rings is 1. The summed E-state index contributed by atoms with van der Waals surface area (Å²) >= 11 is 7.34. The Bertz CT molecular complexity index is 981. The van der Waals surface area contributed by atoms with Crippen LogP contribution in [0.1, 0.15) is 16.8 Å². The van der Waals surface area contributed by atoms with Crippen molar-refractivity contribution in [3.63, 3.8) is 0 Å². The van der Waals surface area contributed by atoms with Crippen LogP contribution in [-0.4, -0.2) is 43.0 Å². The maximum atomic E-state index is 14.2. The molecule has 0 aliphatic rings. The van der Waals surface area contributed by atoms with Crippen LogP contribution in [0.2, 0.25) is 5.02 Å². The Morgan fingerprint density at radius 3 is 2.57 bits per heavy atom. The van der Waals surface area contributed by atoms with Crippen LogP contribution in [0, 0.1) is 11.6 Å². The molecule has 150 valence electrons. The molecule has 3 rings (SSSR count). The molecule has 0 radical (unpaired) electrons. The lowest BCUT2D eigenvalue weighted by atomic mass is 10.2. The summed E-state index contributed by atoms with van der Waals surface area (Å²) < 4.78 is 28.2. The number of hydrogen-bond donors (Lipinski definition) is 0. The van der Waals surface area contributed by atoms with E-state index < -0.39 is 17.5 Å². The number of carbonyl (C=O) groups excluding carboxylic acids is 1. The zero-order chi connectivity index (χ0) is 19.6. The number of halogens is 4. The Hall–Kier alpha value is -1.80. The number of fused-ring (bicyclic) bond motifs is 1. The van der Waals surface area contributed by atoms with Gasteiger partial charge in [0.25, 0.3) is 5.91 Å². The van der Waals surface area contributed by atoms with Crippen molar-refractivity contribution in [2.24, 2.45) is 0 Å². The normalized spacial score (nSPS) is 10.9. The van der Waals surface area contributed by atoms with Gasteiger partial charge in [0.1, 0.15) is 11.6 Å². The number of aromatic nitrogens is 1. The van der Waals surface area contributed by atoms with Gasteiger partial charge in [-0.1, -0.05) is 22.9 Å². The van der Waals surface area contributed by atoms with Gasteiger partial charge in [0.05, 0.1) is 15.8 Å². The Balaban J connectivity index is 0.00000280. The van der Waals surface area contributed by atoms with Crippen molar-refractivity contribution < 1.29 is 13.6 Å². The van der Waals surface area contributed by atoms with Gasteiger partial charge in [0, 0.05) is 17.6 Å². The molecule has 3 aromatic rings. The van der Waals surface area contributed by atoms with Gasteiger partial charge in [-0.05, 0) is 57.4 Å². The molecular weight excluding hydrogens is 427 g/mol. The van der Waals surface area contributed by atoms with Crippen molar-refractivity contribution in [1.29, 1.82) is 0 Å². The standard InChI is InChI=1S/C19H18ClF2N3OS.ClH/c1-24(2)8-3-9-25(18(26)14-6-5-13(21)11-15(14)22)19-23-16-7-4-12(20)10-17(16)27-19;/h4-7,10-11H,3,8-9H2,1-2H3;1H. The van der Waals surface area contributed by atoms with E-state index in [1.54, 1.807) is 18.2 Å². The first-order valence-corrected chi connectivity index (χ1v) is 9.52. The minimum atomic E-state index is -0.887. The van der Waals surface area contributed by atoms with E-state index in [1.807, 2.05) is 19.0 Å². The van der Waals surface area contributed by atoms with E-state index in [0.29, 0.717) is 34.7 Å². The minimum Gasteiger partial charge on any atom is -0.309 e. The van der Waals surface area contributed by atoms with Gasteiger partial charge in [0.2, 0.25) is 0 Å². The van der Waals surface area contributed by atoms with Crippen molar-refractivity contribution in [2.45, 2.75) is 6.42 Å². The third kappa shape index (κ3) is 5.17. The van der Waals surface area contributed by atoms with Crippen LogP contribution in [-0.2, 0) is 0 Å². The summed E-state index contributed by atoms with van der Waals surface area (Å²) in [7, 11) is 3.87. The maximum absolute atomic E-state index is 14.2. The van der Waals surface area contributed by atoms with E-state index in [1.165, 1.54) is 16.2 Å². The van der Waals surface area contributed by atoms with Gasteiger partial charge in [-0.25, -0.2) is 13.8 Å². The molecule has 1 aromatic heterocycles. The molecule has 1 heterocycles. The number of rotatable bonds is 6. The third-order valence-electron chi connectivity index (χ3n) is 3.96. The number of nitrogens with zero attached hydrogens (tertiary/aromatic N) is 3. The maximum Gasteiger partial charge on any atom is 0.263 e. The van der Waals surface area contributed by atoms with Crippen molar-refractivity contribution in [2.75, 3.05) is 32.1 Å². The van der Waals surface area contributed by atoms with Crippen LogP contribution in [0.5, 0.6) is 0 Å². The van der Waals surface area contributed by atoms with Crippen molar-refractivity contribution in [3.05, 3.63) is 58.6 Å². The van der Waals surface area contributed by atoms with Crippen LogP contribution < -0.4 is 4.90 Å². The fourth-order valence-electron chi connectivity index (χ4n) is 2.64. The van der Waals surface area contributed by atoms with Gasteiger partial charge in [-0.15, -0.1) is 12.4 Å². The average molecular weight is 446 g/mol. The molecule has 0 saturated heterocycles. The molecule has 1 amide bonds. The molecule has 0 atom stereocenters. The Kier molecular flexibility index (Phi) is 7.71. The molecule has 0 bridgehead atoms. The average Bonchev–Trinajstić information content (AvgIpc) is 3.00. The summed E-state index contributed by atoms with van der Waals surface area (Å²) in [4.78, 5) is 20.9. The SMILES string of the molecule is CN(C)CCCN(C(=O)c1ccc(F)cc1F)c1nc2ccc(Cl)cc2s1.Cl. The molecule has 0 aliphatic heterocycles. The molecule has 0 saturated carbocycles. The first-order chi connectivity index (χ1) is 12.8. The highest BCUT2D eigenvalue weighted by molar-refractivity contribution is 7.22. The quantitative estimate of drug-likeness (QED) is 0.519. The van der Waals surface area contributed by atoms with E-state index >= 15 is 0 Å². The Morgan fingerprint density at radius 1 is 1.14 bits per heavy atom. The lowest BCUT2D eigenvalue weighted by molar-refractivity contribution is 0.0982. The Morgan fingerprint density at radius 2 is 1.89 bits per heavy atom. The summed E-state index contributed by atoms with van der Waals surface area (Å²) in [6, 6.07) is 8.23. The second-order valence-electron chi connectivity index (χ2n) is 6.35. The van der Waals surface area contributed by atoms with Gasteiger partial charge in [-0.3, -0.25) is 9.69 Å². The molecule has 0 N–H and O–H groups in total. The zero-order valence-electron chi connectivity index (χ0n) is 15.3. The highest BCUT2D eigenvalue weighted by atomic mass is 35.5. The van der Waals surface area contributed by atoms with Crippen LogP contribution in [0.25, 0.3) is 10.2 Å². The summed E-state index contributed by atoms with van der Waals surface area (Å²) in [5.74, 6) is -2.16. The van der Waals surface area contributed by atoms with Crippen molar-refractivity contribution in [1.82, 2.24) is 9.88 Å². The zero-order valence-corrected chi connectivity index (χ0v) is 17.7. The smallest absolute Gasteiger partial charge is 0.263 e. The van der Waals surface area contributed by atoms with E-state index in [9.17, 15) is 13.6 Å². The predicted octanol–water partition coefficient (Wildman–Crippen LogP) is 5.25. The topological polar surface area (TPSA) is 36.4 Å². The number of hydrogen-bond acceptors (Lipinski definition) is 4. The van der Waals surface area contributed by atoms with E-state index in [0.717, 1.165) is 23.4 Å². The fraction of sp³-hybridized carbons (Fsp3) is 0.263. The molecule has 0 spiro atoms. The molecule has 0 aliphatic carbocycles. The van der Waals surface area contributed by atoms with Crippen LogP contribution >= 0.6 is 35.3 Å². The first-order valence-electron chi connectivity index (χ1n) is 8.33. The summed E-state index contributed by atoms with van der Waals surface area (Å²) in [6.45, 7) is 1.12. The summed E-state index contributed by atoms with van der Waals surface area (Å²) in [5.41, 5.74) is 0.530. The summed E-state index contributed by atoms with van der Waals surface area (Å²) in [6.07, 6.45) is 0.679. The first kappa shape index (κ1) is 22.5. The highest BCUT2D eigenvalue weighted by Gasteiger charge is 2.24. The fourth-order valence-corrected chi connectivity index (χ4v) is 3.91. The highest BCUT2D eigenvalue weighted by Crippen LogP contribution is 2.32. The lowest BCUT2D eigenvalue weighted by Gasteiger charge is -2.21. The number of benzene rings is 2. The number of amides is 1. The molecule has 4 nitrogen and oxygen atoms in total. The van der Waals surface area contributed by atoms with Gasteiger partial charge >= 0.3 is 0 Å². The van der Waals surface area contributed by atoms with Crippen molar-refractivity contribution >= 4 is 56.6 Å². The number of anilines is 1. The third-order valence-corrected chi connectivity index (χ3v) is 5.24. The molecule has 0 fully saturated rings. The Labute approximate surface area is 177 Å². The molecule has 2 aromatic carbocycles. The molecule has 0 unspecified atom stereocenters. The van der Waals surface area contributed by atoms with Gasteiger partial charge in [-0.2, -0.15) is 0 Å². The molecule has 28 heavy (non-hydrogen) atoms. The second-order valence-corrected chi connectivity index (χ2v) is 7.79. The second kappa shape index (κ2) is 9.60. The van der Waals surface area contributed by atoms with Crippen LogP contribution in [0.3, 0.4) is 0 Å². The molecule has 9 heteroatoms. The largest absolute Gasteiger partial charge is 0.309 e. The molecular formula is C19H19Cl2F2N3OS.